The molecule has 0 nitrogen and oxygen atoms in total. The van der Waals surface area contributed by atoms with Gasteiger partial charge in [-0.15, -0.1) is 0 Å². The van der Waals surface area contributed by atoms with Crippen molar-refractivity contribution in [3.8, 4) is 0 Å². The molecular formula is C11H18. The molecule has 0 aromatic carbocycles. The highest BCUT2D eigenvalue weighted by molar-refractivity contribution is 5.32. The maximum Gasteiger partial charge on any atom is 0.000823 e. The molecule has 1 fully saturated rings. The molecule has 62 valence electrons. The predicted molar refractivity (Wildman–Crippen MR) is 48.3 cm³/mol. The molecule has 11 heavy (non-hydrogen) atoms. The molecule has 0 heteroatoms. The Balaban J connectivity index is 2.01. The minimum Gasteiger partial charge on any atom is -0.0773 e. The van der Waals surface area contributed by atoms with E-state index in [1.54, 1.807) is 5.57 Å². The molecule has 0 aliphatic heterocycles. The van der Waals surface area contributed by atoms with Gasteiger partial charge in [-0.3, -0.25) is 0 Å². The van der Waals surface area contributed by atoms with Crippen molar-refractivity contribution in [3.05, 3.63) is 11.6 Å². The largest absolute Gasteiger partial charge is 0.0773 e. The van der Waals surface area contributed by atoms with E-state index in [0.29, 0.717) is 0 Å². The van der Waals surface area contributed by atoms with Crippen LogP contribution < -0.4 is 0 Å². The molecule has 0 bridgehead atoms. The number of fused-ring (bicyclic) bond motifs is 1. The highest BCUT2D eigenvalue weighted by Gasteiger charge is 2.39. The normalized spacial score (nSPS) is 41.8. The Morgan fingerprint density at radius 2 is 2.18 bits per heavy atom. The fraction of sp³-hybridized carbons (Fsp3) is 0.818. The van der Waals surface area contributed by atoms with Crippen LogP contribution >= 0.6 is 0 Å². The first-order chi connectivity index (χ1) is 5.20. The fourth-order valence-electron chi connectivity index (χ4n) is 2.72. The van der Waals surface area contributed by atoms with Crippen molar-refractivity contribution in [1.29, 1.82) is 0 Å². The van der Waals surface area contributed by atoms with Crippen LogP contribution in [0.4, 0.5) is 0 Å². The zero-order valence-electron chi connectivity index (χ0n) is 7.80. The van der Waals surface area contributed by atoms with Crippen LogP contribution in [0.1, 0.15) is 33.6 Å². The number of hydrogen-bond donors (Lipinski definition) is 0. The summed E-state index contributed by atoms with van der Waals surface area (Å²) >= 11 is 0. The summed E-state index contributed by atoms with van der Waals surface area (Å²) in [7, 11) is 0. The molecule has 0 N–H and O–H groups in total. The van der Waals surface area contributed by atoms with Gasteiger partial charge in [0.05, 0.1) is 0 Å². The first-order valence-corrected chi connectivity index (χ1v) is 4.90. The van der Waals surface area contributed by atoms with E-state index < -0.39 is 0 Å². The zero-order valence-corrected chi connectivity index (χ0v) is 7.80. The van der Waals surface area contributed by atoms with Crippen molar-refractivity contribution in [2.45, 2.75) is 33.6 Å². The molecule has 0 aromatic rings. The van der Waals surface area contributed by atoms with Gasteiger partial charge >= 0.3 is 0 Å². The summed E-state index contributed by atoms with van der Waals surface area (Å²) in [5, 5.41) is 0. The van der Waals surface area contributed by atoms with Gasteiger partial charge in [-0.2, -0.15) is 0 Å². The van der Waals surface area contributed by atoms with Gasteiger partial charge in [0.15, 0.2) is 0 Å². The van der Waals surface area contributed by atoms with E-state index >= 15 is 0 Å². The summed E-state index contributed by atoms with van der Waals surface area (Å²) in [6.07, 6.45) is 5.33. The summed E-state index contributed by atoms with van der Waals surface area (Å²) in [5.74, 6) is 3.75. The molecule has 0 radical (unpaired) electrons. The van der Waals surface area contributed by atoms with Gasteiger partial charge < -0.3 is 0 Å². The Morgan fingerprint density at radius 3 is 2.82 bits per heavy atom. The zero-order chi connectivity index (χ0) is 8.01. The van der Waals surface area contributed by atoms with Crippen LogP contribution in [0, 0.1) is 23.7 Å². The van der Waals surface area contributed by atoms with Crippen molar-refractivity contribution in [1.82, 2.24) is 0 Å². The second-order valence-electron chi connectivity index (χ2n) is 4.57. The average Bonchev–Trinajstić information content (AvgIpc) is 2.66. The van der Waals surface area contributed by atoms with Gasteiger partial charge in [-0.1, -0.05) is 32.4 Å². The minimum absolute atomic E-state index is 0.889. The first-order valence-electron chi connectivity index (χ1n) is 4.90. The summed E-state index contributed by atoms with van der Waals surface area (Å²) in [5.41, 5.74) is 1.76. The number of rotatable bonds is 1. The Bertz CT molecular complexity index is 188. The smallest absolute Gasteiger partial charge is 0.000823 e. The van der Waals surface area contributed by atoms with Crippen LogP contribution in [0.25, 0.3) is 0 Å². The molecular weight excluding hydrogens is 132 g/mol. The van der Waals surface area contributed by atoms with Crippen molar-refractivity contribution in [3.63, 3.8) is 0 Å². The van der Waals surface area contributed by atoms with E-state index in [4.69, 9.17) is 0 Å². The molecule has 0 amide bonds. The average molecular weight is 150 g/mol. The van der Waals surface area contributed by atoms with Crippen LogP contribution in [-0.4, -0.2) is 0 Å². The molecule has 2 aliphatic rings. The topological polar surface area (TPSA) is 0 Å². The Morgan fingerprint density at radius 1 is 1.45 bits per heavy atom. The molecule has 1 saturated carbocycles. The van der Waals surface area contributed by atoms with Gasteiger partial charge in [-0.05, 0) is 30.6 Å². The number of hydrogen-bond acceptors (Lipinski definition) is 0. The maximum absolute atomic E-state index is 2.48. The van der Waals surface area contributed by atoms with Gasteiger partial charge in [0.1, 0.15) is 0 Å². The summed E-state index contributed by atoms with van der Waals surface area (Å²) < 4.78 is 0. The van der Waals surface area contributed by atoms with Crippen LogP contribution in [0.5, 0.6) is 0 Å². The van der Waals surface area contributed by atoms with E-state index in [1.807, 2.05) is 0 Å². The molecule has 0 aromatic heterocycles. The molecule has 3 unspecified atom stereocenters. The fourth-order valence-corrected chi connectivity index (χ4v) is 2.72. The van der Waals surface area contributed by atoms with Crippen LogP contribution in [0.15, 0.2) is 11.6 Å². The van der Waals surface area contributed by atoms with E-state index in [0.717, 1.165) is 23.7 Å². The van der Waals surface area contributed by atoms with Gasteiger partial charge in [0.25, 0.3) is 0 Å². The second kappa shape index (κ2) is 2.36. The van der Waals surface area contributed by atoms with Crippen LogP contribution in [-0.2, 0) is 0 Å². The molecule has 0 spiro atoms. The van der Waals surface area contributed by atoms with Crippen LogP contribution in [0.2, 0.25) is 0 Å². The van der Waals surface area contributed by atoms with Gasteiger partial charge in [0, 0.05) is 5.92 Å². The van der Waals surface area contributed by atoms with Gasteiger partial charge in [0.2, 0.25) is 0 Å². The highest BCUT2D eigenvalue weighted by atomic mass is 14.4. The quantitative estimate of drug-likeness (QED) is 0.503. The molecule has 0 heterocycles. The summed E-state index contributed by atoms with van der Waals surface area (Å²) in [4.78, 5) is 0. The monoisotopic (exact) mass is 150 g/mol. The Hall–Kier alpha value is -0.260. The molecule has 0 saturated heterocycles. The minimum atomic E-state index is 0.889. The first kappa shape index (κ1) is 7.39. The van der Waals surface area contributed by atoms with Crippen molar-refractivity contribution < 1.29 is 0 Å². The standard InChI is InChI=1S/C11H18/c1-7(2)10-5-4-9-6-11(9)8(10)3/h6-8,10-11H,4-5H2,1-3H3. The molecule has 2 rings (SSSR count). The lowest BCUT2D eigenvalue weighted by molar-refractivity contribution is 0.214. The lowest BCUT2D eigenvalue weighted by Crippen LogP contribution is -2.23. The molecule has 2 aliphatic carbocycles. The summed E-state index contributed by atoms with van der Waals surface area (Å²) in [6, 6.07) is 0. The summed E-state index contributed by atoms with van der Waals surface area (Å²) in [6.45, 7) is 7.17. The third-order valence-corrected chi connectivity index (χ3v) is 3.58. The van der Waals surface area contributed by atoms with E-state index in [1.165, 1.54) is 12.8 Å². The van der Waals surface area contributed by atoms with Gasteiger partial charge in [-0.25, -0.2) is 0 Å². The lowest BCUT2D eigenvalue weighted by atomic mass is 9.74. The van der Waals surface area contributed by atoms with E-state index in [2.05, 4.69) is 26.8 Å². The molecule has 3 atom stereocenters. The Labute approximate surface area is 69.7 Å². The number of allylic oxidation sites excluding steroid dienone is 2. The van der Waals surface area contributed by atoms with Crippen molar-refractivity contribution >= 4 is 0 Å². The third kappa shape index (κ3) is 1.13. The van der Waals surface area contributed by atoms with E-state index in [-0.39, 0.29) is 0 Å². The van der Waals surface area contributed by atoms with E-state index in [9.17, 15) is 0 Å². The maximum atomic E-state index is 2.48. The second-order valence-corrected chi connectivity index (χ2v) is 4.57. The Kier molecular flexibility index (Phi) is 1.59. The SMILES string of the molecule is CC(C)C1CCC2=CC2C1C. The third-order valence-electron chi connectivity index (χ3n) is 3.58. The van der Waals surface area contributed by atoms with Crippen molar-refractivity contribution in [2.24, 2.45) is 23.7 Å². The van der Waals surface area contributed by atoms with Crippen molar-refractivity contribution in [2.75, 3.05) is 0 Å². The van der Waals surface area contributed by atoms with Crippen LogP contribution in [0.3, 0.4) is 0 Å². The highest BCUT2D eigenvalue weighted by Crippen LogP contribution is 2.50. The predicted octanol–water partition coefficient (Wildman–Crippen LogP) is 3.24. The lowest BCUT2D eigenvalue weighted by Gasteiger charge is -2.31.